The van der Waals surface area contributed by atoms with E-state index in [1.54, 1.807) is 27.7 Å². The molecule has 0 saturated heterocycles. The highest BCUT2D eigenvalue weighted by molar-refractivity contribution is 6.35. The molecule has 4 rings (SSSR count). The van der Waals surface area contributed by atoms with Crippen molar-refractivity contribution in [3.63, 3.8) is 0 Å². The standard InChI is InChI=1S/C28H37Cl2F3N4O4/c1-5-41-24(40)26-6-9-27(10-7-26,11-8-26)36-22(28(31,32)33)17(12-34)23(39)37(16-25(2,3)4)15-20(38)21-18(29)13-35-14-19(21)30/h12-14,20,34,36,38H,5-11,15-16H2,1-4H3/b22-17+,34-12?. The van der Waals surface area contributed by atoms with Crippen molar-refractivity contribution in [3.8, 4) is 0 Å². The van der Waals surface area contributed by atoms with Gasteiger partial charge >= 0.3 is 12.1 Å². The quantitative estimate of drug-likeness (QED) is 0.168. The molecule has 2 bridgehead atoms. The minimum atomic E-state index is -4.98. The molecule has 1 unspecified atom stereocenters. The van der Waals surface area contributed by atoms with E-state index in [0.29, 0.717) is 25.5 Å². The number of alkyl halides is 3. The average molecular weight is 622 g/mol. The number of aliphatic hydroxyl groups is 1. The lowest BCUT2D eigenvalue weighted by molar-refractivity contribution is -0.163. The first-order valence-corrected chi connectivity index (χ1v) is 14.3. The monoisotopic (exact) mass is 620 g/mol. The summed E-state index contributed by atoms with van der Waals surface area (Å²) in [7, 11) is 0. The van der Waals surface area contributed by atoms with Crippen molar-refractivity contribution >= 4 is 41.3 Å². The van der Waals surface area contributed by atoms with E-state index >= 15 is 0 Å². The van der Waals surface area contributed by atoms with Crippen molar-refractivity contribution in [2.75, 3.05) is 19.7 Å². The maximum Gasteiger partial charge on any atom is 0.431 e. The van der Waals surface area contributed by atoms with E-state index in [0.717, 1.165) is 4.90 Å². The number of nitrogens with one attached hydrogen (secondary N) is 2. The van der Waals surface area contributed by atoms with Gasteiger partial charge in [0.05, 0.1) is 40.3 Å². The third-order valence-electron chi connectivity index (χ3n) is 7.84. The Morgan fingerprint density at radius 2 is 1.68 bits per heavy atom. The van der Waals surface area contributed by atoms with Crippen LogP contribution in [0.15, 0.2) is 23.7 Å². The van der Waals surface area contributed by atoms with Crippen LogP contribution in [-0.4, -0.2) is 64.5 Å². The van der Waals surface area contributed by atoms with E-state index in [-0.39, 0.29) is 54.0 Å². The van der Waals surface area contributed by atoms with Crippen molar-refractivity contribution in [2.24, 2.45) is 10.8 Å². The van der Waals surface area contributed by atoms with Crippen molar-refractivity contribution in [1.82, 2.24) is 15.2 Å². The van der Waals surface area contributed by atoms with E-state index in [2.05, 4.69) is 10.3 Å². The number of rotatable bonds is 10. The zero-order valence-corrected chi connectivity index (χ0v) is 25.1. The van der Waals surface area contributed by atoms with Crippen molar-refractivity contribution in [3.05, 3.63) is 39.3 Å². The summed E-state index contributed by atoms with van der Waals surface area (Å²) in [5.74, 6) is -1.39. The number of carbonyl (C=O) groups is 2. The summed E-state index contributed by atoms with van der Waals surface area (Å²) in [6.07, 6.45) is -1.51. The summed E-state index contributed by atoms with van der Waals surface area (Å²) in [5.41, 5.74) is -4.34. The molecule has 1 amide bonds. The average Bonchev–Trinajstić information content (AvgIpc) is 2.88. The summed E-state index contributed by atoms with van der Waals surface area (Å²) < 4.78 is 48.9. The largest absolute Gasteiger partial charge is 0.466 e. The first kappa shape index (κ1) is 33.1. The number of hydrogen-bond acceptors (Lipinski definition) is 7. The van der Waals surface area contributed by atoms with Gasteiger partial charge in [-0.05, 0) is 50.9 Å². The van der Waals surface area contributed by atoms with Crippen LogP contribution in [-0.2, 0) is 14.3 Å². The number of nitrogens with zero attached hydrogens (tertiary/aromatic N) is 2. The van der Waals surface area contributed by atoms with Crippen LogP contribution in [0, 0.1) is 16.2 Å². The molecule has 1 heterocycles. The number of hydrogen-bond donors (Lipinski definition) is 3. The molecule has 3 aliphatic rings. The van der Waals surface area contributed by atoms with Gasteiger partial charge in [-0.1, -0.05) is 44.0 Å². The van der Waals surface area contributed by atoms with E-state index in [9.17, 15) is 27.9 Å². The van der Waals surface area contributed by atoms with Crippen LogP contribution in [0.5, 0.6) is 0 Å². The minimum Gasteiger partial charge on any atom is -0.466 e. The molecule has 3 N–H and O–H groups in total. The predicted molar refractivity (Wildman–Crippen MR) is 150 cm³/mol. The van der Waals surface area contributed by atoms with Crippen molar-refractivity contribution in [2.45, 2.75) is 84.0 Å². The molecule has 3 saturated carbocycles. The minimum absolute atomic E-state index is 0.0289. The Kier molecular flexibility index (Phi) is 10.1. The molecule has 1 atom stereocenters. The second-order valence-corrected chi connectivity index (χ2v) is 12.9. The number of allylic oxidation sites excluding steroid dienone is 1. The second kappa shape index (κ2) is 12.5. The number of esters is 1. The first-order valence-electron chi connectivity index (χ1n) is 13.5. The molecule has 41 heavy (non-hydrogen) atoms. The van der Waals surface area contributed by atoms with Gasteiger partial charge in [0.2, 0.25) is 0 Å². The highest BCUT2D eigenvalue weighted by Gasteiger charge is 2.55. The molecule has 1 aromatic rings. The Balaban J connectivity index is 1.96. The molecule has 8 nitrogen and oxygen atoms in total. The molecule has 0 aliphatic heterocycles. The predicted octanol–water partition coefficient (Wildman–Crippen LogP) is 6.01. The number of amides is 1. The van der Waals surface area contributed by atoms with Gasteiger partial charge in [0.1, 0.15) is 5.70 Å². The molecule has 3 aliphatic carbocycles. The molecule has 0 spiro atoms. The number of carbonyl (C=O) groups excluding carboxylic acids is 2. The second-order valence-electron chi connectivity index (χ2n) is 12.1. The summed E-state index contributed by atoms with van der Waals surface area (Å²) in [4.78, 5) is 31.3. The van der Waals surface area contributed by atoms with Crippen LogP contribution in [0.2, 0.25) is 10.0 Å². The third-order valence-corrected chi connectivity index (χ3v) is 8.44. The Hall–Kier alpha value is -2.37. The lowest BCUT2D eigenvalue weighted by Crippen LogP contribution is -2.58. The smallest absolute Gasteiger partial charge is 0.431 e. The normalized spacial score (nSPS) is 23.9. The molecule has 3 fully saturated rings. The van der Waals surface area contributed by atoms with Gasteiger partial charge in [-0.2, -0.15) is 13.2 Å². The van der Waals surface area contributed by atoms with Crippen LogP contribution in [0.1, 0.15) is 77.9 Å². The van der Waals surface area contributed by atoms with Gasteiger partial charge in [-0.15, -0.1) is 0 Å². The highest BCUT2D eigenvalue weighted by Crippen LogP contribution is 2.53. The number of aromatic nitrogens is 1. The molecule has 0 aromatic carbocycles. The fourth-order valence-corrected chi connectivity index (χ4v) is 6.38. The van der Waals surface area contributed by atoms with Crippen LogP contribution < -0.4 is 5.32 Å². The number of halogens is 5. The Morgan fingerprint density at radius 3 is 2.12 bits per heavy atom. The van der Waals surface area contributed by atoms with Crippen LogP contribution in [0.25, 0.3) is 0 Å². The molecule has 0 radical (unpaired) electrons. The highest BCUT2D eigenvalue weighted by atomic mass is 35.5. The van der Waals surface area contributed by atoms with Gasteiger partial charge in [-0.3, -0.25) is 14.6 Å². The Bertz CT molecular complexity index is 1150. The zero-order chi connectivity index (χ0) is 30.8. The maximum absolute atomic E-state index is 14.6. The SMILES string of the molecule is CCOC(=O)C12CCC(N/C(=C(\C=N)C(=O)N(CC(O)c3c(Cl)cncc3Cl)CC(C)(C)C)C(F)(F)F)(CC1)CC2. The van der Waals surface area contributed by atoms with Gasteiger partial charge < -0.3 is 25.5 Å². The number of fused-ring (bicyclic) bond motifs is 3. The van der Waals surface area contributed by atoms with Gasteiger partial charge in [-0.25, -0.2) is 0 Å². The van der Waals surface area contributed by atoms with Gasteiger partial charge in [0.25, 0.3) is 5.91 Å². The number of pyridine rings is 1. The fraction of sp³-hybridized carbons (Fsp3) is 0.643. The number of aliphatic hydroxyl groups excluding tert-OH is 1. The summed E-state index contributed by atoms with van der Waals surface area (Å²) in [5, 5.41) is 21.6. The molecule has 13 heteroatoms. The summed E-state index contributed by atoms with van der Waals surface area (Å²) in [6, 6.07) is 0. The first-order chi connectivity index (χ1) is 19.0. The fourth-order valence-electron chi connectivity index (χ4n) is 5.76. The molecule has 228 valence electrons. The lowest BCUT2D eigenvalue weighted by atomic mass is 9.57. The van der Waals surface area contributed by atoms with E-state index in [1.165, 1.54) is 12.4 Å². The van der Waals surface area contributed by atoms with Crippen molar-refractivity contribution < 1.29 is 32.6 Å². The van der Waals surface area contributed by atoms with E-state index in [1.807, 2.05) is 0 Å². The summed E-state index contributed by atoms with van der Waals surface area (Å²) in [6.45, 7) is 6.87. The maximum atomic E-state index is 14.6. The molecule has 1 aromatic heterocycles. The van der Waals surface area contributed by atoms with Crippen LogP contribution >= 0.6 is 23.2 Å². The summed E-state index contributed by atoms with van der Waals surface area (Å²) >= 11 is 12.3. The third kappa shape index (κ3) is 7.53. The Labute approximate surface area is 248 Å². The Morgan fingerprint density at radius 1 is 1.15 bits per heavy atom. The van der Waals surface area contributed by atoms with Crippen LogP contribution in [0.3, 0.4) is 0 Å². The topological polar surface area (TPSA) is 116 Å². The van der Waals surface area contributed by atoms with Crippen molar-refractivity contribution in [1.29, 1.82) is 5.41 Å². The lowest BCUT2D eigenvalue weighted by Gasteiger charge is -2.53. The van der Waals surface area contributed by atoms with Gasteiger partial charge in [0.15, 0.2) is 0 Å². The molecular weight excluding hydrogens is 584 g/mol. The zero-order valence-electron chi connectivity index (χ0n) is 23.6. The molecular formula is C28H37Cl2F3N4O4. The van der Waals surface area contributed by atoms with E-state index < -0.39 is 52.4 Å². The number of ether oxygens (including phenoxy) is 1. The van der Waals surface area contributed by atoms with E-state index in [4.69, 9.17) is 33.3 Å². The van der Waals surface area contributed by atoms with Gasteiger partial charge in [0, 0.05) is 36.3 Å². The van der Waals surface area contributed by atoms with Crippen LogP contribution in [0.4, 0.5) is 13.2 Å².